The smallest absolute Gasteiger partial charge is 0.284 e. The second kappa shape index (κ2) is 14.6. The fourth-order valence-electron chi connectivity index (χ4n) is 4.16. The van der Waals surface area contributed by atoms with E-state index in [1.165, 1.54) is 69.8 Å². The average Bonchev–Trinajstić information content (AvgIpc) is 2.77. The van der Waals surface area contributed by atoms with Gasteiger partial charge >= 0.3 is 0 Å². The van der Waals surface area contributed by atoms with E-state index in [-0.39, 0.29) is 5.91 Å². The zero-order chi connectivity index (χ0) is 21.5. The van der Waals surface area contributed by atoms with Crippen molar-refractivity contribution in [2.24, 2.45) is 0 Å². The maximum absolute atomic E-state index is 12.8. The molecule has 1 aliphatic rings. The van der Waals surface area contributed by atoms with Crippen molar-refractivity contribution in [2.75, 3.05) is 18.5 Å². The zero-order valence-electron chi connectivity index (χ0n) is 19.3. The van der Waals surface area contributed by atoms with Crippen molar-refractivity contribution in [1.29, 1.82) is 0 Å². The van der Waals surface area contributed by atoms with Crippen LogP contribution in [0.15, 0.2) is 24.3 Å². The van der Waals surface area contributed by atoms with Crippen LogP contribution in [0.25, 0.3) is 0 Å². The molecule has 0 aliphatic carbocycles. The fourth-order valence-corrected chi connectivity index (χ4v) is 4.16. The Kier molecular flexibility index (Phi) is 12.1. The Hall–Kier alpha value is -1.39. The average molecular weight is 418 g/mol. The number of carbonyl (C=O) groups is 1. The Balaban J connectivity index is 1.64. The number of hydrogen-bond acceptors (Lipinski definition) is 3. The number of unbranched alkanes of at least 4 members (excludes halogenated alkanes) is 9. The van der Waals surface area contributed by atoms with Gasteiger partial charge in [-0.25, -0.2) is 0 Å². The molecule has 1 fully saturated rings. The first-order valence-electron chi connectivity index (χ1n) is 12.4. The monoisotopic (exact) mass is 417 g/mol. The molecule has 1 heterocycles. The van der Waals surface area contributed by atoms with Gasteiger partial charge in [-0.15, -0.1) is 0 Å². The summed E-state index contributed by atoms with van der Waals surface area (Å²) in [7, 11) is 0. The number of anilines is 1. The first-order chi connectivity index (χ1) is 14.7. The highest BCUT2D eigenvalue weighted by molar-refractivity contribution is 5.96. The second-order valence-corrected chi connectivity index (χ2v) is 8.57. The minimum atomic E-state index is -1.12. The Labute approximate surface area is 184 Å². The molecule has 0 aromatic heterocycles. The molecule has 1 aromatic rings. The summed E-state index contributed by atoms with van der Waals surface area (Å²) in [5, 5.41) is 2.98. The summed E-state index contributed by atoms with van der Waals surface area (Å²) < 4.78 is 11.5. The highest BCUT2D eigenvalue weighted by atomic mass is 16.7. The van der Waals surface area contributed by atoms with Crippen LogP contribution in [0.3, 0.4) is 0 Å². The number of amides is 1. The van der Waals surface area contributed by atoms with Crippen molar-refractivity contribution < 1.29 is 14.3 Å². The molecule has 1 atom stereocenters. The van der Waals surface area contributed by atoms with Crippen molar-refractivity contribution >= 4 is 11.6 Å². The van der Waals surface area contributed by atoms with Crippen molar-refractivity contribution in [1.82, 2.24) is 0 Å². The lowest BCUT2D eigenvalue weighted by Crippen LogP contribution is -2.50. The molecule has 1 aromatic carbocycles. The number of benzene rings is 1. The van der Waals surface area contributed by atoms with Crippen molar-refractivity contribution in [2.45, 2.75) is 110 Å². The number of nitrogens with one attached hydrogen (secondary N) is 1. The number of aryl methyl sites for hydroxylation is 1. The van der Waals surface area contributed by atoms with Crippen LogP contribution in [0.2, 0.25) is 0 Å². The summed E-state index contributed by atoms with van der Waals surface area (Å²) in [6.45, 7) is 5.21. The molecule has 0 spiro atoms. The molecule has 1 unspecified atom stereocenters. The Morgan fingerprint density at radius 3 is 2.13 bits per heavy atom. The van der Waals surface area contributed by atoms with Gasteiger partial charge in [0.1, 0.15) is 0 Å². The molecule has 0 radical (unpaired) electrons. The van der Waals surface area contributed by atoms with Gasteiger partial charge in [-0.2, -0.15) is 0 Å². The van der Waals surface area contributed by atoms with Crippen molar-refractivity contribution in [3.8, 4) is 0 Å². The summed E-state index contributed by atoms with van der Waals surface area (Å²) in [6.07, 6.45) is 17.3. The molecule has 1 amide bonds. The van der Waals surface area contributed by atoms with Crippen molar-refractivity contribution in [3.63, 3.8) is 0 Å². The predicted octanol–water partition coefficient (Wildman–Crippen LogP) is 7.02. The highest BCUT2D eigenvalue weighted by Gasteiger charge is 2.42. The predicted molar refractivity (Wildman–Crippen MR) is 125 cm³/mol. The standard InChI is InChI=1S/C26H43NO3/c1-3-5-6-7-8-9-10-11-12-13-16-23-17-19-24(20-18-23)27-25(28)26(29-4-2)21-14-15-22-30-26/h17-20H,3-16,21-22H2,1-2H3,(H,27,28). The van der Waals surface area contributed by atoms with E-state index in [0.29, 0.717) is 19.6 Å². The van der Waals surface area contributed by atoms with Crippen LogP contribution >= 0.6 is 0 Å². The topological polar surface area (TPSA) is 47.6 Å². The number of carbonyl (C=O) groups excluding carboxylic acids is 1. The summed E-state index contributed by atoms with van der Waals surface area (Å²) in [4.78, 5) is 12.8. The van der Waals surface area contributed by atoms with Gasteiger partial charge in [0.05, 0.1) is 6.61 Å². The van der Waals surface area contributed by atoms with Crippen LogP contribution < -0.4 is 5.32 Å². The van der Waals surface area contributed by atoms with E-state index >= 15 is 0 Å². The maximum atomic E-state index is 12.8. The minimum Gasteiger partial charge on any atom is -0.342 e. The van der Waals surface area contributed by atoms with Gasteiger partial charge in [0.2, 0.25) is 5.79 Å². The maximum Gasteiger partial charge on any atom is 0.284 e. The molecule has 1 aliphatic heterocycles. The van der Waals surface area contributed by atoms with Gasteiger partial charge < -0.3 is 14.8 Å². The van der Waals surface area contributed by atoms with E-state index in [1.54, 1.807) is 0 Å². The van der Waals surface area contributed by atoms with Crippen LogP contribution in [-0.2, 0) is 20.7 Å². The second-order valence-electron chi connectivity index (χ2n) is 8.57. The van der Waals surface area contributed by atoms with Crippen molar-refractivity contribution in [3.05, 3.63) is 29.8 Å². The van der Waals surface area contributed by atoms with Gasteiger partial charge in [-0.1, -0.05) is 76.8 Å². The molecule has 4 heteroatoms. The third-order valence-corrected chi connectivity index (χ3v) is 5.99. The number of ether oxygens (including phenoxy) is 2. The largest absolute Gasteiger partial charge is 0.342 e. The SMILES string of the molecule is CCCCCCCCCCCCc1ccc(NC(=O)C2(OCC)CCCCO2)cc1. The van der Waals surface area contributed by atoms with Gasteiger partial charge in [0, 0.05) is 18.7 Å². The zero-order valence-corrected chi connectivity index (χ0v) is 19.3. The molecule has 4 nitrogen and oxygen atoms in total. The van der Waals surface area contributed by atoms with Crippen LogP contribution in [0, 0.1) is 0 Å². The molecular formula is C26H43NO3. The molecule has 0 saturated carbocycles. The molecule has 2 rings (SSSR count). The summed E-state index contributed by atoms with van der Waals surface area (Å²) in [5.41, 5.74) is 2.14. The normalized spacial score (nSPS) is 19.0. The molecule has 30 heavy (non-hydrogen) atoms. The minimum absolute atomic E-state index is 0.188. The molecular weight excluding hydrogens is 374 g/mol. The van der Waals surface area contributed by atoms with E-state index in [4.69, 9.17) is 9.47 Å². The van der Waals surface area contributed by atoms with E-state index < -0.39 is 5.79 Å². The first kappa shape index (κ1) is 24.9. The van der Waals surface area contributed by atoms with Crippen LogP contribution in [0.4, 0.5) is 5.69 Å². The molecule has 1 saturated heterocycles. The van der Waals surface area contributed by atoms with E-state index in [1.807, 2.05) is 19.1 Å². The Morgan fingerprint density at radius 2 is 1.57 bits per heavy atom. The van der Waals surface area contributed by atoms with Gasteiger partial charge in [0.25, 0.3) is 5.91 Å². The van der Waals surface area contributed by atoms with Crippen LogP contribution in [0.5, 0.6) is 0 Å². The summed E-state index contributed by atoms with van der Waals surface area (Å²) in [6, 6.07) is 8.23. The number of rotatable bonds is 15. The molecule has 0 bridgehead atoms. The lowest BCUT2D eigenvalue weighted by atomic mass is 10.0. The third kappa shape index (κ3) is 8.77. The van der Waals surface area contributed by atoms with Crippen LogP contribution in [0.1, 0.15) is 103 Å². The van der Waals surface area contributed by atoms with Crippen LogP contribution in [-0.4, -0.2) is 24.9 Å². The third-order valence-electron chi connectivity index (χ3n) is 5.99. The first-order valence-corrected chi connectivity index (χ1v) is 12.4. The van der Waals surface area contributed by atoms with E-state index in [2.05, 4.69) is 24.4 Å². The molecule has 170 valence electrons. The summed E-state index contributed by atoms with van der Waals surface area (Å²) >= 11 is 0. The van der Waals surface area contributed by atoms with Gasteiger partial charge in [-0.05, 0) is 50.3 Å². The lowest BCUT2D eigenvalue weighted by Gasteiger charge is -2.35. The number of hydrogen-bond donors (Lipinski definition) is 1. The van der Waals surface area contributed by atoms with Gasteiger partial charge in [-0.3, -0.25) is 4.79 Å². The van der Waals surface area contributed by atoms with E-state index in [9.17, 15) is 4.79 Å². The highest BCUT2D eigenvalue weighted by Crippen LogP contribution is 2.28. The fraction of sp³-hybridized carbons (Fsp3) is 0.731. The lowest BCUT2D eigenvalue weighted by molar-refractivity contribution is -0.239. The molecule has 1 N–H and O–H groups in total. The van der Waals surface area contributed by atoms with Gasteiger partial charge in [0.15, 0.2) is 0 Å². The van der Waals surface area contributed by atoms with E-state index in [0.717, 1.165) is 24.9 Å². The Morgan fingerprint density at radius 1 is 0.933 bits per heavy atom. The summed E-state index contributed by atoms with van der Waals surface area (Å²) in [5.74, 6) is -1.31. The Bertz CT molecular complexity index is 573. The quantitative estimate of drug-likeness (QED) is 0.312.